The zero-order valence-corrected chi connectivity index (χ0v) is 15.1. The molecule has 0 saturated heterocycles. The van der Waals surface area contributed by atoms with Gasteiger partial charge >= 0.3 is 5.97 Å². The van der Waals surface area contributed by atoms with Crippen LogP contribution in [0.5, 0.6) is 0 Å². The second-order valence-corrected chi connectivity index (χ2v) is 6.34. The van der Waals surface area contributed by atoms with Crippen LogP contribution in [-0.4, -0.2) is 23.5 Å². The van der Waals surface area contributed by atoms with E-state index in [-0.39, 0.29) is 12.5 Å². The number of carbonyl (C=O) groups excluding carboxylic acids is 2. The van der Waals surface area contributed by atoms with Crippen LogP contribution < -0.4 is 5.32 Å². The van der Waals surface area contributed by atoms with Crippen LogP contribution in [0.25, 0.3) is 11.3 Å². The van der Waals surface area contributed by atoms with E-state index < -0.39 is 5.97 Å². The summed E-state index contributed by atoms with van der Waals surface area (Å²) in [6, 6.07) is 14.3. The zero-order chi connectivity index (χ0) is 19.2. The molecule has 0 spiro atoms. The molecule has 0 aliphatic heterocycles. The Balaban J connectivity index is 1.51. The molecule has 0 saturated carbocycles. The van der Waals surface area contributed by atoms with Crippen molar-refractivity contribution in [3.63, 3.8) is 0 Å². The number of amides is 1. The molecule has 27 heavy (non-hydrogen) atoms. The summed E-state index contributed by atoms with van der Waals surface area (Å²) < 4.78 is 10.3. The van der Waals surface area contributed by atoms with Crippen molar-refractivity contribution in [2.75, 3.05) is 11.9 Å². The van der Waals surface area contributed by atoms with Crippen molar-refractivity contribution < 1.29 is 18.7 Å². The Labute approximate surface area is 157 Å². The molecular formula is C21H20N2O4. The van der Waals surface area contributed by atoms with Crippen molar-refractivity contribution in [2.24, 2.45) is 0 Å². The Bertz CT molecular complexity index is 898. The molecule has 138 valence electrons. The van der Waals surface area contributed by atoms with Crippen molar-refractivity contribution in [2.45, 2.75) is 19.8 Å². The fraction of sp³-hybridized carbons (Fsp3) is 0.190. The third-order valence-electron chi connectivity index (χ3n) is 4.03. The first-order valence-corrected chi connectivity index (χ1v) is 8.59. The summed E-state index contributed by atoms with van der Waals surface area (Å²) in [4.78, 5) is 27.9. The van der Waals surface area contributed by atoms with Gasteiger partial charge in [-0.05, 0) is 35.7 Å². The summed E-state index contributed by atoms with van der Waals surface area (Å²) in [5.74, 6) is 0.0762. The van der Waals surface area contributed by atoms with Crippen LogP contribution in [-0.2, 0) is 9.53 Å². The SMILES string of the molecule is CC(C)c1ccc(NC(=O)COC(=O)c2ccc(-c3cnco3)cc2)cc1. The van der Waals surface area contributed by atoms with E-state index >= 15 is 0 Å². The highest BCUT2D eigenvalue weighted by atomic mass is 16.5. The minimum Gasteiger partial charge on any atom is -0.452 e. The van der Waals surface area contributed by atoms with Gasteiger partial charge in [-0.1, -0.05) is 38.1 Å². The standard InChI is InChI=1S/C21H20N2O4/c1-14(2)15-7-9-18(10-8-15)23-20(24)12-26-21(25)17-5-3-16(4-6-17)19-11-22-13-27-19/h3-11,13-14H,12H2,1-2H3,(H,23,24). The van der Waals surface area contributed by atoms with Crippen molar-refractivity contribution >= 4 is 17.6 Å². The van der Waals surface area contributed by atoms with Crippen LogP contribution in [0.15, 0.2) is 65.5 Å². The number of carbonyl (C=O) groups is 2. The number of oxazole rings is 1. The van der Waals surface area contributed by atoms with Gasteiger partial charge in [0.2, 0.25) is 0 Å². The summed E-state index contributed by atoms with van der Waals surface area (Å²) >= 11 is 0. The Morgan fingerprint density at radius 2 is 1.78 bits per heavy atom. The lowest BCUT2D eigenvalue weighted by Crippen LogP contribution is -2.20. The normalized spacial score (nSPS) is 10.6. The number of aromatic nitrogens is 1. The molecule has 1 heterocycles. The third kappa shape index (κ3) is 4.82. The van der Waals surface area contributed by atoms with E-state index in [0.717, 1.165) is 5.56 Å². The van der Waals surface area contributed by atoms with Crippen LogP contribution >= 0.6 is 0 Å². The minimum atomic E-state index is -0.565. The Hall–Kier alpha value is -3.41. The molecule has 0 radical (unpaired) electrons. The maximum atomic E-state index is 12.1. The highest BCUT2D eigenvalue weighted by molar-refractivity contribution is 5.95. The first-order chi connectivity index (χ1) is 13.0. The number of benzene rings is 2. The third-order valence-corrected chi connectivity index (χ3v) is 4.03. The van der Waals surface area contributed by atoms with Crippen molar-refractivity contribution in [3.8, 4) is 11.3 Å². The van der Waals surface area contributed by atoms with Crippen LogP contribution in [0.4, 0.5) is 5.69 Å². The van der Waals surface area contributed by atoms with E-state index in [1.165, 1.54) is 12.0 Å². The predicted molar refractivity (Wildman–Crippen MR) is 101 cm³/mol. The Morgan fingerprint density at radius 1 is 1.07 bits per heavy atom. The van der Waals surface area contributed by atoms with Gasteiger partial charge in [0.15, 0.2) is 18.8 Å². The summed E-state index contributed by atoms with van der Waals surface area (Å²) in [5.41, 5.74) is 3.00. The molecule has 2 aromatic carbocycles. The van der Waals surface area contributed by atoms with E-state index in [1.807, 2.05) is 24.3 Å². The number of nitrogens with zero attached hydrogens (tertiary/aromatic N) is 1. The molecule has 3 rings (SSSR count). The quantitative estimate of drug-likeness (QED) is 0.661. The lowest BCUT2D eigenvalue weighted by molar-refractivity contribution is -0.119. The summed E-state index contributed by atoms with van der Waals surface area (Å²) in [6.45, 7) is 3.85. The van der Waals surface area contributed by atoms with Crippen molar-refractivity contribution in [1.82, 2.24) is 4.98 Å². The number of hydrogen-bond donors (Lipinski definition) is 1. The van der Waals surface area contributed by atoms with Gasteiger partial charge in [-0.15, -0.1) is 0 Å². The van der Waals surface area contributed by atoms with Crippen LogP contribution in [0, 0.1) is 0 Å². The summed E-state index contributed by atoms with van der Waals surface area (Å²) in [5, 5.41) is 2.71. The molecule has 0 aliphatic carbocycles. The molecule has 0 fully saturated rings. The van der Waals surface area contributed by atoms with Gasteiger partial charge in [-0.2, -0.15) is 0 Å². The lowest BCUT2D eigenvalue weighted by Gasteiger charge is -2.09. The van der Waals surface area contributed by atoms with Crippen molar-refractivity contribution in [3.05, 3.63) is 72.2 Å². The van der Waals surface area contributed by atoms with E-state index in [9.17, 15) is 9.59 Å². The van der Waals surface area contributed by atoms with Crippen LogP contribution in [0.1, 0.15) is 35.7 Å². The first kappa shape index (κ1) is 18.4. The molecule has 0 aliphatic rings. The highest BCUT2D eigenvalue weighted by Gasteiger charge is 2.11. The highest BCUT2D eigenvalue weighted by Crippen LogP contribution is 2.19. The van der Waals surface area contributed by atoms with Gasteiger partial charge in [-0.3, -0.25) is 4.79 Å². The average molecular weight is 364 g/mol. The fourth-order valence-corrected chi connectivity index (χ4v) is 2.49. The van der Waals surface area contributed by atoms with E-state index in [2.05, 4.69) is 24.1 Å². The number of ether oxygens (including phenoxy) is 1. The minimum absolute atomic E-state index is 0.353. The van der Waals surface area contributed by atoms with Crippen LogP contribution in [0.3, 0.4) is 0 Å². The van der Waals surface area contributed by atoms with Gasteiger partial charge in [0, 0.05) is 11.3 Å². The second kappa shape index (κ2) is 8.31. The number of rotatable bonds is 6. The molecule has 1 N–H and O–H groups in total. The topological polar surface area (TPSA) is 81.4 Å². The first-order valence-electron chi connectivity index (χ1n) is 8.59. The maximum Gasteiger partial charge on any atom is 0.338 e. The van der Waals surface area contributed by atoms with Gasteiger partial charge < -0.3 is 14.5 Å². The predicted octanol–water partition coefficient (Wildman–Crippen LogP) is 4.26. The molecule has 0 bridgehead atoms. The van der Waals surface area contributed by atoms with Crippen LogP contribution in [0.2, 0.25) is 0 Å². The number of nitrogens with one attached hydrogen (secondary N) is 1. The molecule has 1 aromatic heterocycles. The molecule has 1 amide bonds. The Kier molecular flexibility index (Phi) is 5.66. The Morgan fingerprint density at radius 3 is 2.37 bits per heavy atom. The van der Waals surface area contributed by atoms with Gasteiger partial charge in [0.1, 0.15) is 0 Å². The van der Waals surface area contributed by atoms with Gasteiger partial charge in [0.05, 0.1) is 11.8 Å². The second-order valence-electron chi connectivity index (χ2n) is 6.34. The smallest absolute Gasteiger partial charge is 0.338 e. The molecular weight excluding hydrogens is 344 g/mol. The van der Waals surface area contributed by atoms with Gasteiger partial charge in [0.25, 0.3) is 5.91 Å². The lowest BCUT2D eigenvalue weighted by atomic mass is 10.0. The number of hydrogen-bond acceptors (Lipinski definition) is 5. The zero-order valence-electron chi connectivity index (χ0n) is 15.1. The maximum absolute atomic E-state index is 12.1. The van der Waals surface area contributed by atoms with E-state index in [4.69, 9.17) is 9.15 Å². The number of anilines is 1. The summed E-state index contributed by atoms with van der Waals surface area (Å²) in [7, 11) is 0. The van der Waals surface area contributed by atoms with E-state index in [1.54, 1.807) is 30.5 Å². The van der Waals surface area contributed by atoms with Crippen molar-refractivity contribution in [1.29, 1.82) is 0 Å². The van der Waals surface area contributed by atoms with Gasteiger partial charge in [-0.25, -0.2) is 9.78 Å². The average Bonchev–Trinajstić information content (AvgIpc) is 3.21. The monoisotopic (exact) mass is 364 g/mol. The number of esters is 1. The fourth-order valence-electron chi connectivity index (χ4n) is 2.49. The molecule has 0 unspecified atom stereocenters. The summed E-state index contributed by atoms with van der Waals surface area (Å²) in [6.07, 6.45) is 2.93. The van der Waals surface area contributed by atoms with E-state index in [0.29, 0.717) is 22.9 Å². The molecule has 3 aromatic rings. The molecule has 0 atom stereocenters. The molecule has 6 heteroatoms. The largest absolute Gasteiger partial charge is 0.452 e. The molecule has 6 nitrogen and oxygen atoms in total.